The molecule has 17 heavy (non-hydrogen) atoms. The molecule has 1 heterocycles. The van der Waals surface area contributed by atoms with Gasteiger partial charge < -0.3 is 10.6 Å². The third-order valence-electron chi connectivity index (χ3n) is 3.48. The summed E-state index contributed by atoms with van der Waals surface area (Å²) in [6.45, 7) is 5.97. The second-order valence-corrected chi connectivity index (χ2v) is 4.78. The van der Waals surface area contributed by atoms with E-state index in [2.05, 4.69) is 36.6 Å². The standard InChI is InChI=1S/C14H20N2O/c1-3-11-4-6-12(7-5-11)16-14(17)13-9-15-8-10(13)2/h4-7,10,13,15H,3,8-9H2,1-2H3,(H,16,17)/t10-,13-/m1/s1. The SMILES string of the molecule is CCc1ccc(NC(=O)[C@@H]2CNC[C@H]2C)cc1. The topological polar surface area (TPSA) is 41.1 Å². The first-order chi connectivity index (χ1) is 8.20. The first-order valence-electron chi connectivity index (χ1n) is 6.31. The lowest BCUT2D eigenvalue weighted by atomic mass is 9.97. The second-order valence-electron chi connectivity index (χ2n) is 4.78. The molecule has 0 radical (unpaired) electrons. The minimum absolute atomic E-state index is 0.0980. The molecule has 0 aromatic heterocycles. The molecule has 1 aromatic carbocycles. The van der Waals surface area contributed by atoms with Crippen molar-refractivity contribution in [2.75, 3.05) is 18.4 Å². The molecule has 1 amide bonds. The molecule has 1 aliphatic rings. The minimum atomic E-state index is 0.0980. The quantitative estimate of drug-likeness (QED) is 0.837. The van der Waals surface area contributed by atoms with Crippen molar-refractivity contribution in [1.29, 1.82) is 0 Å². The number of aryl methyl sites for hydroxylation is 1. The molecule has 0 saturated carbocycles. The summed E-state index contributed by atoms with van der Waals surface area (Å²) >= 11 is 0. The number of rotatable bonds is 3. The minimum Gasteiger partial charge on any atom is -0.326 e. The smallest absolute Gasteiger partial charge is 0.229 e. The van der Waals surface area contributed by atoms with Crippen LogP contribution >= 0.6 is 0 Å². The normalized spacial score (nSPS) is 23.6. The summed E-state index contributed by atoms with van der Waals surface area (Å²) in [6.07, 6.45) is 1.03. The lowest BCUT2D eigenvalue weighted by molar-refractivity contribution is -0.120. The van der Waals surface area contributed by atoms with Crippen molar-refractivity contribution in [1.82, 2.24) is 5.32 Å². The number of benzene rings is 1. The monoisotopic (exact) mass is 232 g/mol. The van der Waals surface area contributed by atoms with Gasteiger partial charge in [-0.15, -0.1) is 0 Å². The lowest BCUT2D eigenvalue weighted by Crippen LogP contribution is -2.27. The van der Waals surface area contributed by atoms with E-state index in [0.29, 0.717) is 5.92 Å². The Morgan fingerprint density at radius 1 is 1.35 bits per heavy atom. The molecule has 92 valence electrons. The molecular formula is C14H20N2O. The Labute approximate surface area is 103 Å². The van der Waals surface area contributed by atoms with Crippen LogP contribution in [0.4, 0.5) is 5.69 Å². The van der Waals surface area contributed by atoms with Gasteiger partial charge in [-0.2, -0.15) is 0 Å². The molecule has 1 aromatic rings. The number of anilines is 1. The number of amides is 1. The van der Waals surface area contributed by atoms with E-state index in [1.54, 1.807) is 0 Å². The number of hydrogen-bond acceptors (Lipinski definition) is 2. The van der Waals surface area contributed by atoms with Crippen molar-refractivity contribution in [3.63, 3.8) is 0 Å². The van der Waals surface area contributed by atoms with E-state index < -0.39 is 0 Å². The van der Waals surface area contributed by atoms with Crippen LogP contribution in [0.1, 0.15) is 19.4 Å². The highest BCUT2D eigenvalue weighted by atomic mass is 16.1. The van der Waals surface area contributed by atoms with Crippen LogP contribution in [0.3, 0.4) is 0 Å². The van der Waals surface area contributed by atoms with Gasteiger partial charge >= 0.3 is 0 Å². The lowest BCUT2D eigenvalue weighted by Gasteiger charge is -2.14. The van der Waals surface area contributed by atoms with Crippen molar-refractivity contribution in [2.45, 2.75) is 20.3 Å². The van der Waals surface area contributed by atoms with E-state index in [1.165, 1.54) is 5.56 Å². The van der Waals surface area contributed by atoms with Gasteiger partial charge in [-0.05, 0) is 36.6 Å². The largest absolute Gasteiger partial charge is 0.326 e. The number of carbonyl (C=O) groups is 1. The molecule has 3 nitrogen and oxygen atoms in total. The fourth-order valence-electron chi connectivity index (χ4n) is 2.22. The molecule has 1 fully saturated rings. The summed E-state index contributed by atoms with van der Waals surface area (Å²) in [5.74, 6) is 0.650. The summed E-state index contributed by atoms with van der Waals surface area (Å²) in [4.78, 5) is 12.0. The van der Waals surface area contributed by atoms with Crippen LogP contribution in [0.2, 0.25) is 0 Å². The zero-order chi connectivity index (χ0) is 12.3. The van der Waals surface area contributed by atoms with Crippen molar-refractivity contribution in [3.8, 4) is 0 Å². The number of hydrogen-bond donors (Lipinski definition) is 2. The third kappa shape index (κ3) is 2.86. The highest BCUT2D eigenvalue weighted by Gasteiger charge is 2.29. The average molecular weight is 232 g/mol. The first-order valence-corrected chi connectivity index (χ1v) is 6.31. The number of carbonyl (C=O) groups excluding carboxylic acids is 1. The van der Waals surface area contributed by atoms with Gasteiger partial charge in [-0.3, -0.25) is 4.79 Å². The third-order valence-corrected chi connectivity index (χ3v) is 3.48. The first kappa shape index (κ1) is 12.1. The van der Waals surface area contributed by atoms with E-state index in [4.69, 9.17) is 0 Å². The molecule has 1 saturated heterocycles. The Balaban J connectivity index is 1.97. The fourth-order valence-corrected chi connectivity index (χ4v) is 2.22. The van der Waals surface area contributed by atoms with Gasteiger partial charge in [0.15, 0.2) is 0 Å². The van der Waals surface area contributed by atoms with E-state index in [0.717, 1.165) is 25.2 Å². The van der Waals surface area contributed by atoms with Crippen LogP contribution in [0, 0.1) is 11.8 Å². The Morgan fingerprint density at radius 3 is 2.59 bits per heavy atom. The van der Waals surface area contributed by atoms with Gasteiger partial charge in [-0.1, -0.05) is 26.0 Å². The number of nitrogens with one attached hydrogen (secondary N) is 2. The van der Waals surface area contributed by atoms with Crippen LogP contribution in [-0.2, 0) is 11.2 Å². The average Bonchev–Trinajstić information content (AvgIpc) is 2.76. The molecule has 2 rings (SSSR count). The van der Waals surface area contributed by atoms with E-state index in [-0.39, 0.29) is 11.8 Å². The second kappa shape index (κ2) is 5.32. The summed E-state index contributed by atoms with van der Waals surface area (Å²) in [6, 6.07) is 8.07. The predicted octanol–water partition coefficient (Wildman–Crippen LogP) is 2.04. The van der Waals surface area contributed by atoms with Gasteiger partial charge in [0.2, 0.25) is 5.91 Å². The van der Waals surface area contributed by atoms with Crippen LogP contribution in [-0.4, -0.2) is 19.0 Å². The summed E-state index contributed by atoms with van der Waals surface area (Å²) in [5.41, 5.74) is 2.19. The molecule has 0 spiro atoms. The molecule has 3 heteroatoms. The maximum Gasteiger partial charge on any atom is 0.229 e. The van der Waals surface area contributed by atoms with Crippen molar-refractivity contribution >= 4 is 11.6 Å². The zero-order valence-corrected chi connectivity index (χ0v) is 10.5. The highest BCUT2D eigenvalue weighted by Crippen LogP contribution is 2.18. The Morgan fingerprint density at radius 2 is 2.06 bits per heavy atom. The van der Waals surface area contributed by atoms with Crippen molar-refractivity contribution in [3.05, 3.63) is 29.8 Å². The molecule has 0 unspecified atom stereocenters. The van der Waals surface area contributed by atoms with E-state index in [1.807, 2.05) is 12.1 Å². The molecule has 2 atom stereocenters. The Hall–Kier alpha value is -1.35. The maximum atomic E-state index is 12.0. The molecule has 1 aliphatic heterocycles. The summed E-state index contributed by atoms with van der Waals surface area (Å²) in [7, 11) is 0. The Kier molecular flexibility index (Phi) is 3.79. The van der Waals surface area contributed by atoms with Crippen LogP contribution < -0.4 is 10.6 Å². The van der Waals surface area contributed by atoms with Gasteiger partial charge in [0.1, 0.15) is 0 Å². The zero-order valence-electron chi connectivity index (χ0n) is 10.5. The van der Waals surface area contributed by atoms with Crippen LogP contribution in [0.25, 0.3) is 0 Å². The Bertz CT molecular complexity index is 386. The molecule has 0 aliphatic carbocycles. The summed E-state index contributed by atoms with van der Waals surface area (Å²) in [5, 5.41) is 6.23. The highest BCUT2D eigenvalue weighted by molar-refractivity contribution is 5.93. The van der Waals surface area contributed by atoms with Gasteiger partial charge in [0, 0.05) is 12.2 Å². The van der Waals surface area contributed by atoms with Gasteiger partial charge in [0.05, 0.1) is 5.92 Å². The van der Waals surface area contributed by atoms with E-state index in [9.17, 15) is 4.79 Å². The van der Waals surface area contributed by atoms with Crippen LogP contribution in [0.5, 0.6) is 0 Å². The van der Waals surface area contributed by atoms with Gasteiger partial charge in [-0.25, -0.2) is 0 Å². The molecule has 2 N–H and O–H groups in total. The van der Waals surface area contributed by atoms with Gasteiger partial charge in [0.25, 0.3) is 0 Å². The predicted molar refractivity (Wildman–Crippen MR) is 70.0 cm³/mol. The fraction of sp³-hybridized carbons (Fsp3) is 0.500. The van der Waals surface area contributed by atoms with E-state index >= 15 is 0 Å². The molecular weight excluding hydrogens is 212 g/mol. The summed E-state index contributed by atoms with van der Waals surface area (Å²) < 4.78 is 0. The van der Waals surface area contributed by atoms with Crippen molar-refractivity contribution < 1.29 is 4.79 Å². The maximum absolute atomic E-state index is 12.0. The van der Waals surface area contributed by atoms with Crippen molar-refractivity contribution in [2.24, 2.45) is 11.8 Å². The molecule has 0 bridgehead atoms. The van der Waals surface area contributed by atoms with Crippen LogP contribution in [0.15, 0.2) is 24.3 Å².